The standard InChI is InChI=1S/C20H23NO4/c1-5-18(25-16-8-6-7-13(2)11-16)19(22)21-17-12-15(20(23)24-4)10-9-14(17)3/h6-12,18H,5H2,1-4H3,(H,21,22). The fraction of sp³-hybridized carbons (Fsp3) is 0.300. The third-order valence-corrected chi connectivity index (χ3v) is 3.85. The lowest BCUT2D eigenvalue weighted by Crippen LogP contribution is -2.32. The van der Waals surface area contributed by atoms with Gasteiger partial charge in [-0.15, -0.1) is 0 Å². The lowest BCUT2D eigenvalue weighted by Gasteiger charge is -2.18. The molecular weight excluding hydrogens is 318 g/mol. The number of methoxy groups -OCH3 is 1. The molecule has 0 saturated heterocycles. The number of hydrogen-bond donors (Lipinski definition) is 1. The molecule has 1 unspecified atom stereocenters. The minimum atomic E-state index is -0.622. The summed E-state index contributed by atoms with van der Waals surface area (Å²) in [5.74, 6) is -0.0466. The number of ether oxygens (including phenoxy) is 2. The van der Waals surface area contributed by atoms with Crippen LogP contribution in [0.3, 0.4) is 0 Å². The molecule has 2 aromatic rings. The van der Waals surface area contributed by atoms with Crippen LogP contribution < -0.4 is 10.1 Å². The maximum atomic E-state index is 12.6. The molecule has 0 aliphatic rings. The highest BCUT2D eigenvalue weighted by atomic mass is 16.5. The first-order chi connectivity index (χ1) is 11.9. The number of rotatable bonds is 6. The summed E-state index contributed by atoms with van der Waals surface area (Å²) in [4.78, 5) is 24.2. The van der Waals surface area contributed by atoms with E-state index in [1.807, 2.05) is 45.0 Å². The van der Waals surface area contributed by atoms with Crippen molar-refractivity contribution in [2.24, 2.45) is 0 Å². The molecule has 25 heavy (non-hydrogen) atoms. The first-order valence-corrected chi connectivity index (χ1v) is 8.17. The minimum Gasteiger partial charge on any atom is -0.481 e. The van der Waals surface area contributed by atoms with Gasteiger partial charge in [0.1, 0.15) is 5.75 Å². The molecule has 0 spiro atoms. The first-order valence-electron chi connectivity index (χ1n) is 8.17. The Bertz CT molecular complexity index is 770. The quantitative estimate of drug-likeness (QED) is 0.810. The summed E-state index contributed by atoms with van der Waals surface area (Å²) in [6.07, 6.45) is -0.0989. The zero-order chi connectivity index (χ0) is 18.4. The maximum Gasteiger partial charge on any atom is 0.337 e. The second kappa shape index (κ2) is 8.33. The Morgan fingerprint density at radius 2 is 1.88 bits per heavy atom. The van der Waals surface area contributed by atoms with Crippen LogP contribution in [0.5, 0.6) is 5.75 Å². The number of esters is 1. The molecule has 0 radical (unpaired) electrons. The van der Waals surface area contributed by atoms with Gasteiger partial charge in [-0.2, -0.15) is 0 Å². The van der Waals surface area contributed by atoms with Crippen LogP contribution in [-0.4, -0.2) is 25.1 Å². The molecule has 5 heteroatoms. The third kappa shape index (κ3) is 4.83. The molecule has 1 atom stereocenters. The number of carbonyl (C=O) groups excluding carboxylic acids is 2. The first kappa shape index (κ1) is 18.5. The lowest BCUT2D eigenvalue weighted by atomic mass is 10.1. The van der Waals surface area contributed by atoms with Crippen LogP contribution in [0, 0.1) is 13.8 Å². The van der Waals surface area contributed by atoms with Crippen LogP contribution in [0.4, 0.5) is 5.69 Å². The monoisotopic (exact) mass is 341 g/mol. The Balaban J connectivity index is 2.15. The van der Waals surface area contributed by atoms with Crippen molar-refractivity contribution in [3.8, 4) is 5.75 Å². The number of aryl methyl sites for hydroxylation is 2. The molecule has 0 saturated carbocycles. The molecule has 0 bridgehead atoms. The SMILES string of the molecule is CCC(Oc1cccc(C)c1)C(=O)Nc1cc(C(=O)OC)ccc1C. The van der Waals surface area contributed by atoms with Gasteiger partial charge in [0, 0.05) is 5.69 Å². The fourth-order valence-electron chi connectivity index (χ4n) is 2.39. The highest BCUT2D eigenvalue weighted by Gasteiger charge is 2.20. The van der Waals surface area contributed by atoms with Crippen molar-refractivity contribution >= 4 is 17.6 Å². The average molecular weight is 341 g/mol. The van der Waals surface area contributed by atoms with Gasteiger partial charge in [0.2, 0.25) is 0 Å². The van der Waals surface area contributed by atoms with Crippen LogP contribution in [0.25, 0.3) is 0 Å². The zero-order valence-corrected chi connectivity index (χ0v) is 15.0. The predicted octanol–water partition coefficient (Wildman–Crippen LogP) is 3.89. The summed E-state index contributed by atoms with van der Waals surface area (Å²) >= 11 is 0. The molecule has 2 aromatic carbocycles. The van der Waals surface area contributed by atoms with Gasteiger partial charge < -0.3 is 14.8 Å². The summed E-state index contributed by atoms with van der Waals surface area (Å²) in [5.41, 5.74) is 2.87. The molecular formula is C20H23NO4. The number of hydrogen-bond acceptors (Lipinski definition) is 4. The van der Waals surface area contributed by atoms with E-state index in [0.717, 1.165) is 11.1 Å². The van der Waals surface area contributed by atoms with Gasteiger partial charge in [-0.1, -0.05) is 25.1 Å². The number of nitrogens with one attached hydrogen (secondary N) is 1. The summed E-state index contributed by atoms with van der Waals surface area (Å²) in [5, 5.41) is 2.84. The molecule has 1 amide bonds. The molecule has 5 nitrogen and oxygen atoms in total. The number of anilines is 1. The average Bonchev–Trinajstić information content (AvgIpc) is 2.60. The van der Waals surface area contributed by atoms with Crippen LogP contribution in [0.2, 0.25) is 0 Å². The van der Waals surface area contributed by atoms with E-state index >= 15 is 0 Å². The van der Waals surface area contributed by atoms with Crippen molar-refractivity contribution in [2.45, 2.75) is 33.3 Å². The fourth-order valence-corrected chi connectivity index (χ4v) is 2.39. The van der Waals surface area contributed by atoms with Crippen molar-refractivity contribution < 1.29 is 19.1 Å². The second-order valence-electron chi connectivity index (χ2n) is 5.84. The smallest absolute Gasteiger partial charge is 0.337 e. The normalized spacial score (nSPS) is 11.5. The number of benzene rings is 2. The summed E-state index contributed by atoms with van der Waals surface area (Å²) < 4.78 is 10.5. The van der Waals surface area contributed by atoms with Crippen molar-refractivity contribution in [3.63, 3.8) is 0 Å². The van der Waals surface area contributed by atoms with Crippen LogP contribution in [0.15, 0.2) is 42.5 Å². The molecule has 0 aromatic heterocycles. The topological polar surface area (TPSA) is 64.6 Å². The van der Waals surface area contributed by atoms with Gasteiger partial charge in [0.25, 0.3) is 5.91 Å². The highest BCUT2D eigenvalue weighted by molar-refractivity contribution is 5.97. The van der Waals surface area contributed by atoms with E-state index in [4.69, 9.17) is 9.47 Å². The Morgan fingerprint density at radius 3 is 2.52 bits per heavy atom. The number of carbonyl (C=O) groups is 2. The number of amides is 1. The van der Waals surface area contributed by atoms with E-state index in [1.54, 1.807) is 18.2 Å². The highest BCUT2D eigenvalue weighted by Crippen LogP contribution is 2.20. The van der Waals surface area contributed by atoms with Gasteiger partial charge in [0.15, 0.2) is 6.10 Å². The third-order valence-electron chi connectivity index (χ3n) is 3.85. The summed E-state index contributed by atoms with van der Waals surface area (Å²) in [6, 6.07) is 12.6. The largest absolute Gasteiger partial charge is 0.481 e. The second-order valence-corrected chi connectivity index (χ2v) is 5.84. The zero-order valence-electron chi connectivity index (χ0n) is 15.0. The van der Waals surface area contributed by atoms with Crippen molar-refractivity contribution in [3.05, 3.63) is 59.2 Å². The van der Waals surface area contributed by atoms with Crippen LogP contribution in [0.1, 0.15) is 34.8 Å². The maximum absolute atomic E-state index is 12.6. The van der Waals surface area contributed by atoms with Gasteiger partial charge in [-0.05, 0) is 55.7 Å². The van der Waals surface area contributed by atoms with Gasteiger partial charge >= 0.3 is 5.97 Å². The predicted molar refractivity (Wildman–Crippen MR) is 97.0 cm³/mol. The Hall–Kier alpha value is -2.82. The molecule has 0 aliphatic heterocycles. The van der Waals surface area contributed by atoms with Crippen molar-refractivity contribution in [2.75, 3.05) is 12.4 Å². The van der Waals surface area contributed by atoms with Crippen molar-refractivity contribution in [1.29, 1.82) is 0 Å². The molecule has 2 rings (SSSR count). The molecule has 0 heterocycles. The van der Waals surface area contributed by atoms with E-state index < -0.39 is 12.1 Å². The molecule has 0 fully saturated rings. The van der Waals surface area contributed by atoms with Gasteiger partial charge in [0.05, 0.1) is 12.7 Å². The summed E-state index contributed by atoms with van der Waals surface area (Å²) in [7, 11) is 1.32. The molecule has 132 valence electrons. The Kier molecular flexibility index (Phi) is 6.17. The Morgan fingerprint density at radius 1 is 1.12 bits per heavy atom. The molecule has 0 aliphatic carbocycles. The van der Waals surface area contributed by atoms with Crippen molar-refractivity contribution in [1.82, 2.24) is 0 Å². The molecule has 1 N–H and O–H groups in total. The lowest BCUT2D eigenvalue weighted by molar-refractivity contribution is -0.122. The van der Waals surface area contributed by atoms with Crippen LogP contribution >= 0.6 is 0 Å². The van der Waals surface area contributed by atoms with E-state index in [0.29, 0.717) is 23.4 Å². The van der Waals surface area contributed by atoms with E-state index in [1.165, 1.54) is 7.11 Å². The van der Waals surface area contributed by atoms with E-state index in [2.05, 4.69) is 5.32 Å². The van der Waals surface area contributed by atoms with Gasteiger partial charge in [-0.3, -0.25) is 4.79 Å². The van der Waals surface area contributed by atoms with E-state index in [-0.39, 0.29) is 5.91 Å². The Labute approximate surface area is 148 Å². The van der Waals surface area contributed by atoms with Crippen LogP contribution in [-0.2, 0) is 9.53 Å². The van der Waals surface area contributed by atoms with E-state index in [9.17, 15) is 9.59 Å². The summed E-state index contributed by atoms with van der Waals surface area (Å²) in [6.45, 7) is 5.71. The minimum absolute atomic E-state index is 0.255. The van der Waals surface area contributed by atoms with Gasteiger partial charge in [-0.25, -0.2) is 4.79 Å².